The zero-order chi connectivity index (χ0) is 10.3. The van der Waals surface area contributed by atoms with Crippen molar-refractivity contribution in [2.24, 2.45) is 11.3 Å². The normalized spacial score (nSPS) is 14.5. The first-order valence-electron chi connectivity index (χ1n) is 5.67. The third-order valence-corrected chi connectivity index (χ3v) is 2.83. The van der Waals surface area contributed by atoms with Crippen LogP contribution in [0.15, 0.2) is 0 Å². The molecule has 13 heavy (non-hydrogen) atoms. The number of unbranched alkanes of at least 4 members (excludes halogenated alkanes) is 2. The fourth-order valence-electron chi connectivity index (χ4n) is 1.73. The Balaban J connectivity index is 3.81. The molecule has 0 rings (SSSR count). The van der Waals surface area contributed by atoms with Crippen LogP contribution in [0.5, 0.6) is 0 Å². The van der Waals surface area contributed by atoms with Crippen molar-refractivity contribution in [1.29, 1.82) is 0 Å². The van der Waals surface area contributed by atoms with Gasteiger partial charge in [-0.2, -0.15) is 0 Å². The van der Waals surface area contributed by atoms with Gasteiger partial charge in [-0.15, -0.1) is 0 Å². The van der Waals surface area contributed by atoms with E-state index in [4.69, 9.17) is 0 Å². The molecule has 1 N–H and O–H groups in total. The highest BCUT2D eigenvalue weighted by Crippen LogP contribution is 2.29. The molecule has 1 nitrogen and oxygen atoms in total. The summed E-state index contributed by atoms with van der Waals surface area (Å²) in [5.41, 5.74) is 0.455. The number of hydrogen-bond donors (Lipinski definition) is 1. The SMILES string of the molecule is CCCCCC(CNC)C(C)(C)C. The van der Waals surface area contributed by atoms with Crippen LogP contribution >= 0.6 is 0 Å². The molecule has 0 aliphatic carbocycles. The van der Waals surface area contributed by atoms with E-state index in [9.17, 15) is 0 Å². The molecule has 1 unspecified atom stereocenters. The first kappa shape index (κ1) is 13.0. The van der Waals surface area contributed by atoms with Gasteiger partial charge in [0.25, 0.3) is 0 Å². The van der Waals surface area contributed by atoms with Crippen LogP contribution in [0.3, 0.4) is 0 Å². The molecule has 0 aliphatic rings. The highest BCUT2D eigenvalue weighted by atomic mass is 14.8. The van der Waals surface area contributed by atoms with Crippen LogP contribution in [0.4, 0.5) is 0 Å². The standard InChI is InChI=1S/C12H27N/c1-6-7-8-9-11(10-13-5)12(2,3)4/h11,13H,6-10H2,1-5H3. The summed E-state index contributed by atoms with van der Waals surface area (Å²) in [6.07, 6.45) is 5.48. The minimum atomic E-state index is 0.455. The minimum Gasteiger partial charge on any atom is -0.319 e. The number of nitrogens with one attached hydrogen (secondary N) is 1. The summed E-state index contributed by atoms with van der Waals surface area (Å²) in [6.45, 7) is 10.5. The van der Waals surface area contributed by atoms with Crippen LogP contribution in [0, 0.1) is 11.3 Å². The largest absolute Gasteiger partial charge is 0.319 e. The Labute approximate surface area is 84.3 Å². The van der Waals surface area contributed by atoms with Gasteiger partial charge in [0.2, 0.25) is 0 Å². The maximum absolute atomic E-state index is 3.30. The Morgan fingerprint density at radius 1 is 1.15 bits per heavy atom. The van der Waals surface area contributed by atoms with E-state index in [1.807, 2.05) is 0 Å². The van der Waals surface area contributed by atoms with E-state index in [1.54, 1.807) is 0 Å². The van der Waals surface area contributed by atoms with Crippen molar-refractivity contribution in [3.8, 4) is 0 Å². The van der Waals surface area contributed by atoms with Crippen molar-refractivity contribution in [2.45, 2.75) is 53.4 Å². The summed E-state index contributed by atoms with van der Waals surface area (Å²) in [6, 6.07) is 0. The molecule has 0 aromatic heterocycles. The van der Waals surface area contributed by atoms with Gasteiger partial charge >= 0.3 is 0 Å². The average Bonchev–Trinajstić information content (AvgIpc) is 2.01. The highest BCUT2D eigenvalue weighted by molar-refractivity contribution is 4.75. The molecule has 0 radical (unpaired) electrons. The summed E-state index contributed by atoms with van der Waals surface area (Å²) < 4.78 is 0. The molecule has 0 bridgehead atoms. The van der Waals surface area contributed by atoms with Crippen LogP contribution < -0.4 is 5.32 Å². The van der Waals surface area contributed by atoms with Gasteiger partial charge in [-0.1, -0.05) is 47.0 Å². The van der Waals surface area contributed by atoms with E-state index in [1.165, 1.54) is 25.7 Å². The second-order valence-electron chi connectivity index (χ2n) is 5.12. The summed E-state index contributed by atoms with van der Waals surface area (Å²) in [5.74, 6) is 0.823. The van der Waals surface area contributed by atoms with Gasteiger partial charge in [0.05, 0.1) is 0 Å². The van der Waals surface area contributed by atoms with E-state index in [0.29, 0.717) is 5.41 Å². The molecule has 0 aromatic carbocycles. The van der Waals surface area contributed by atoms with E-state index >= 15 is 0 Å². The first-order chi connectivity index (χ1) is 6.02. The Morgan fingerprint density at radius 3 is 2.15 bits per heavy atom. The van der Waals surface area contributed by atoms with Crippen molar-refractivity contribution < 1.29 is 0 Å². The molecule has 0 saturated carbocycles. The van der Waals surface area contributed by atoms with Gasteiger partial charge in [-0.25, -0.2) is 0 Å². The number of hydrogen-bond acceptors (Lipinski definition) is 1. The monoisotopic (exact) mass is 185 g/mol. The first-order valence-corrected chi connectivity index (χ1v) is 5.67. The smallest absolute Gasteiger partial charge is 0.00185 e. The lowest BCUT2D eigenvalue weighted by Gasteiger charge is -2.30. The molecule has 0 aromatic rings. The van der Waals surface area contributed by atoms with Gasteiger partial charge in [-0.3, -0.25) is 0 Å². The molecule has 1 heteroatoms. The zero-order valence-corrected chi connectivity index (χ0v) is 10.1. The van der Waals surface area contributed by atoms with Crippen LogP contribution in [0.1, 0.15) is 53.4 Å². The Hall–Kier alpha value is -0.0400. The summed E-state index contributed by atoms with van der Waals surface area (Å²) >= 11 is 0. The lowest BCUT2D eigenvalue weighted by atomic mass is 9.78. The molecule has 80 valence electrons. The van der Waals surface area contributed by atoms with E-state index in [-0.39, 0.29) is 0 Å². The molecule has 0 heterocycles. The second-order valence-corrected chi connectivity index (χ2v) is 5.12. The van der Waals surface area contributed by atoms with Crippen molar-refractivity contribution in [3.05, 3.63) is 0 Å². The predicted molar refractivity (Wildman–Crippen MR) is 61.0 cm³/mol. The van der Waals surface area contributed by atoms with Gasteiger partial charge in [0.1, 0.15) is 0 Å². The molecule has 0 amide bonds. The summed E-state index contributed by atoms with van der Waals surface area (Å²) in [7, 11) is 2.05. The summed E-state index contributed by atoms with van der Waals surface area (Å²) in [4.78, 5) is 0. The fourth-order valence-corrected chi connectivity index (χ4v) is 1.73. The van der Waals surface area contributed by atoms with Crippen LogP contribution in [-0.2, 0) is 0 Å². The molecule has 0 fully saturated rings. The summed E-state index contributed by atoms with van der Waals surface area (Å²) in [5, 5.41) is 3.30. The van der Waals surface area contributed by atoms with Crippen LogP contribution in [0.25, 0.3) is 0 Å². The Bertz CT molecular complexity index is 113. The third kappa shape index (κ3) is 6.09. The Kier molecular flexibility index (Phi) is 6.40. The maximum Gasteiger partial charge on any atom is -0.00185 e. The quantitative estimate of drug-likeness (QED) is 0.625. The predicted octanol–water partition coefficient (Wildman–Crippen LogP) is 3.45. The molecular formula is C12H27N. The van der Waals surface area contributed by atoms with Gasteiger partial charge in [0.15, 0.2) is 0 Å². The fraction of sp³-hybridized carbons (Fsp3) is 1.00. The molecule has 1 atom stereocenters. The third-order valence-electron chi connectivity index (χ3n) is 2.83. The van der Waals surface area contributed by atoms with Crippen LogP contribution in [0.2, 0.25) is 0 Å². The average molecular weight is 185 g/mol. The topological polar surface area (TPSA) is 12.0 Å². The van der Waals surface area contributed by atoms with E-state index in [0.717, 1.165) is 12.5 Å². The Morgan fingerprint density at radius 2 is 1.77 bits per heavy atom. The minimum absolute atomic E-state index is 0.455. The number of rotatable bonds is 6. The maximum atomic E-state index is 3.30. The van der Waals surface area contributed by atoms with E-state index < -0.39 is 0 Å². The molecule has 0 spiro atoms. The van der Waals surface area contributed by atoms with E-state index in [2.05, 4.69) is 40.1 Å². The highest BCUT2D eigenvalue weighted by Gasteiger charge is 2.22. The van der Waals surface area contributed by atoms with Crippen molar-refractivity contribution in [3.63, 3.8) is 0 Å². The van der Waals surface area contributed by atoms with Crippen molar-refractivity contribution in [2.75, 3.05) is 13.6 Å². The lowest BCUT2D eigenvalue weighted by molar-refractivity contribution is 0.217. The van der Waals surface area contributed by atoms with Gasteiger partial charge in [-0.05, 0) is 31.3 Å². The van der Waals surface area contributed by atoms with Crippen molar-refractivity contribution >= 4 is 0 Å². The lowest BCUT2D eigenvalue weighted by Crippen LogP contribution is -2.30. The van der Waals surface area contributed by atoms with Crippen molar-refractivity contribution in [1.82, 2.24) is 5.32 Å². The molecular weight excluding hydrogens is 158 g/mol. The van der Waals surface area contributed by atoms with Gasteiger partial charge < -0.3 is 5.32 Å². The molecule has 0 aliphatic heterocycles. The van der Waals surface area contributed by atoms with Crippen LogP contribution in [-0.4, -0.2) is 13.6 Å². The molecule has 0 saturated heterocycles. The second kappa shape index (κ2) is 6.42. The zero-order valence-electron chi connectivity index (χ0n) is 10.1. The van der Waals surface area contributed by atoms with Gasteiger partial charge in [0, 0.05) is 0 Å².